The Kier molecular flexibility index (Phi) is 5.45. The van der Waals surface area contributed by atoms with Gasteiger partial charge >= 0.3 is 0 Å². The van der Waals surface area contributed by atoms with Gasteiger partial charge in [-0.1, -0.05) is 11.3 Å². The molecule has 0 aliphatic heterocycles. The summed E-state index contributed by atoms with van der Waals surface area (Å²) >= 11 is 7.11. The molecule has 0 atom stereocenters. The third-order valence-corrected chi connectivity index (χ3v) is 2.78. The standard InChI is InChI=1S/C9H16ClN3OS/c1-7(2)14-5-4-13(3)6-8-11-12-9(10)15-8/h7H,4-6H2,1-3H3. The van der Waals surface area contributed by atoms with Gasteiger partial charge in [-0.2, -0.15) is 0 Å². The smallest absolute Gasteiger partial charge is 0.207 e. The highest BCUT2D eigenvalue weighted by Gasteiger charge is 2.05. The van der Waals surface area contributed by atoms with Gasteiger partial charge in [-0.3, -0.25) is 4.90 Å². The monoisotopic (exact) mass is 249 g/mol. The van der Waals surface area contributed by atoms with Gasteiger partial charge in [-0.15, -0.1) is 10.2 Å². The first-order valence-electron chi connectivity index (χ1n) is 4.86. The summed E-state index contributed by atoms with van der Waals surface area (Å²) in [6.45, 7) is 6.46. The number of ether oxygens (including phenoxy) is 1. The maximum absolute atomic E-state index is 5.69. The fraction of sp³-hybridized carbons (Fsp3) is 0.778. The van der Waals surface area contributed by atoms with Crippen LogP contribution in [0.4, 0.5) is 0 Å². The van der Waals surface area contributed by atoms with E-state index in [-0.39, 0.29) is 6.10 Å². The number of hydrogen-bond donors (Lipinski definition) is 0. The molecule has 0 unspecified atom stereocenters. The molecule has 0 aliphatic carbocycles. The van der Waals surface area contributed by atoms with Gasteiger partial charge in [-0.25, -0.2) is 0 Å². The minimum atomic E-state index is 0.286. The topological polar surface area (TPSA) is 38.2 Å². The number of hydrogen-bond acceptors (Lipinski definition) is 5. The summed E-state index contributed by atoms with van der Waals surface area (Å²) in [5, 5.41) is 8.64. The zero-order valence-corrected chi connectivity index (χ0v) is 10.8. The Bertz CT molecular complexity index is 293. The van der Waals surface area contributed by atoms with Crippen LogP contribution < -0.4 is 0 Å². The Morgan fingerprint density at radius 3 is 2.73 bits per heavy atom. The van der Waals surface area contributed by atoms with Gasteiger partial charge < -0.3 is 4.74 Å². The van der Waals surface area contributed by atoms with Crippen LogP contribution >= 0.6 is 22.9 Å². The molecule has 0 aromatic carbocycles. The minimum absolute atomic E-state index is 0.286. The van der Waals surface area contributed by atoms with E-state index >= 15 is 0 Å². The molecule has 0 amide bonds. The van der Waals surface area contributed by atoms with Crippen LogP contribution in [0.15, 0.2) is 0 Å². The first kappa shape index (κ1) is 12.8. The number of rotatable bonds is 6. The van der Waals surface area contributed by atoms with Gasteiger partial charge in [0, 0.05) is 6.54 Å². The van der Waals surface area contributed by atoms with Crippen LogP contribution in [-0.4, -0.2) is 41.4 Å². The van der Waals surface area contributed by atoms with Crippen LogP contribution in [0.1, 0.15) is 18.9 Å². The van der Waals surface area contributed by atoms with Gasteiger partial charge in [0.15, 0.2) is 0 Å². The average Bonchev–Trinajstić information content (AvgIpc) is 2.50. The normalized spacial score (nSPS) is 11.6. The predicted octanol–water partition coefficient (Wildman–Crippen LogP) is 2.05. The highest BCUT2D eigenvalue weighted by atomic mass is 35.5. The van der Waals surface area contributed by atoms with Crippen molar-refractivity contribution in [2.75, 3.05) is 20.2 Å². The van der Waals surface area contributed by atoms with E-state index in [0.717, 1.165) is 24.7 Å². The van der Waals surface area contributed by atoms with Crippen molar-refractivity contribution >= 4 is 22.9 Å². The molecule has 0 N–H and O–H groups in total. The summed E-state index contributed by atoms with van der Waals surface area (Å²) in [6, 6.07) is 0. The zero-order chi connectivity index (χ0) is 11.3. The Morgan fingerprint density at radius 2 is 2.20 bits per heavy atom. The van der Waals surface area contributed by atoms with Crippen molar-refractivity contribution in [3.8, 4) is 0 Å². The van der Waals surface area contributed by atoms with Crippen LogP contribution in [0.25, 0.3) is 0 Å². The SMILES string of the molecule is CC(C)OCCN(C)Cc1nnc(Cl)s1. The van der Waals surface area contributed by atoms with Gasteiger partial charge in [0.1, 0.15) is 5.01 Å². The molecule has 0 fully saturated rings. The van der Waals surface area contributed by atoms with Crippen LogP contribution in [0.3, 0.4) is 0 Å². The maximum Gasteiger partial charge on any atom is 0.207 e. The molecule has 0 spiro atoms. The molecule has 0 aliphatic rings. The molecule has 0 saturated heterocycles. The van der Waals surface area contributed by atoms with Gasteiger partial charge in [0.05, 0.1) is 19.3 Å². The second kappa shape index (κ2) is 6.37. The lowest BCUT2D eigenvalue weighted by atomic mass is 10.5. The third-order valence-electron chi connectivity index (χ3n) is 1.77. The van der Waals surface area contributed by atoms with E-state index < -0.39 is 0 Å². The van der Waals surface area contributed by atoms with Crippen molar-refractivity contribution in [1.82, 2.24) is 15.1 Å². The molecule has 15 heavy (non-hydrogen) atoms. The zero-order valence-electron chi connectivity index (χ0n) is 9.23. The highest BCUT2D eigenvalue weighted by Crippen LogP contribution is 2.15. The summed E-state index contributed by atoms with van der Waals surface area (Å²) in [7, 11) is 2.03. The molecule has 0 radical (unpaired) electrons. The van der Waals surface area contributed by atoms with E-state index in [0.29, 0.717) is 4.47 Å². The Labute approximate surface area is 99.2 Å². The van der Waals surface area contributed by atoms with E-state index in [2.05, 4.69) is 15.1 Å². The Hall–Kier alpha value is -0.230. The predicted molar refractivity (Wildman–Crippen MR) is 62.3 cm³/mol. The molecule has 1 rings (SSSR count). The number of likely N-dealkylation sites (N-methyl/N-ethyl adjacent to an activating group) is 1. The second-order valence-electron chi connectivity index (χ2n) is 3.61. The first-order chi connectivity index (χ1) is 7.08. The van der Waals surface area contributed by atoms with Gasteiger partial charge in [0.2, 0.25) is 4.47 Å². The van der Waals surface area contributed by atoms with E-state index in [1.165, 1.54) is 11.3 Å². The number of aromatic nitrogens is 2. The highest BCUT2D eigenvalue weighted by molar-refractivity contribution is 7.15. The molecule has 1 heterocycles. The molecule has 1 aromatic heterocycles. The largest absolute Gasteiger partial charge is 0.377 e. The Morgan fingerprint density at radius 1 is 1.47 bits per heavy atom. The van der Waals surface area contributed by atoms with Crippen LogP contribution in [0.5, 0.6) is 0 Å². The second-order valence-corrected chi connectivity index (χ2v) is 5.25. The van der Waals surface area contributed by atoms with E-state index in [4.69, 9.17) is 16.3 Å². The average molecular weight is 250 g/mol. The van der Waals surface area contributed by atoms with Gasteiger partial charge in [0.25, 0.3) is 0 Å². The molecule has 86 valence electrons. The summed E-state index contributed by atoms with van der Waals surface area (Å²) in [5.41, 5.74) is 0. The molecule has 4 nitrogen and oxygen atoms in total. The fourth-order valence-corrected chi connectivity index (χ4v) is 2.00. The quantitative estimate of drug-likeness (QED) is 0.774. The van der Waals surface area contributed by atoms with Crippen molar-refractivity contribution in [3.05, 3.63) is 9.47 Å². The van der Waals surface area contributed by atoms with Crippen LogP contribution in [-0.2, 0) is 11.3 Å². The lowest BCUT2D eigenvalue weighted by Crippen LogP contribution is -2.23. The van der Waals surface area contributed by atoms with Crippen molar-refractivity contribution in [2.24, 2.45) is 0 Å². The van der Waals surface area contributed by atoms with Crippen molar-refractivity contribution < 1.29 is 4.74 Å². The maximum atomic E-state index is 5.69. The number of nitrogens with zero attached hydrogens (tertiary/aromatic N) is 3. The lowest BCUT2D eigenvalue weighted by Gasteiger charge is -2.15. The van der Waals surface area contributed by atoms with E-state index in [1.807, 2.05) is 20.9 Å². The lowest BCUT2D eigenvalue weighted by molar-refractivity contribution is 0.0626. The molecular weight excluding hydrogens is 234 g/mol. The molecular formula is C9H16ClN3OS. The van der Waals surface area contributed by atoms with E-state index in [1.54, 1.807) is 0 Å². The molecule has 6 heteroatoms. The number of halogens is 1. The summed E-state index contributed by atoms with van der Waals surface area (Å²) in [5.74, 6) is 0. The molecule has 0 bridgehead atoms. The Balaban J connectivity index is 2.21. The first-order valence-corrected chi connectivity index (χ1v) is 6.05. The van der Waals surface area contributed by atoms with Gasteiger partial charge in [-0.05, 0) is 32.5 Å². The molecule has 0 saturated carbocycles. The fourth-order valence-electron chi connectivity index (χ4n) is 1.05. The summed E-state index contributed by atoms with van der Waals surface area (Å²) in [6.07, 6.45) is 0.286. The van der Waals surface area contributed by atoms with Crippen LogP contribution in [0, 0.1) is 0 Å². The third kappa shape index (κ3) is 5.41. The van der Waals surface area contributed by atoms with Crippen molar-refractivity contribution in [2.45, 2.75) is 26.5 Å². The summed E-state index contributed by atoms with van der Waals surface area (Å²) < 4.78 is 5.95. The minimum Gasteiger partial charge on any atom is -0.377 e. The summed E-state index contributed by atoms with van der Waals surface area (Å²) in [4.78, 5) is 2.14. The van der Waals surface area contributed by atoms with E-state index in [9.17, 15) is 0 Å². The van der Waals surface area contributed by atoms with Crippen molar-refractivity contribution in [3.63, 3.8) is 0 Å². The molecule has 1 aromatic rings. The van der Waals surface area contributed by atoms with Crippen LogP contribution in [0.2, 0.25) is 4.47 Å². The van der Waals surface area contributed by atoms with Crippen molar-refractivity contribution in [1.29, 1.82) is 0 Å².